The molecular weight excluding hydrogens is 192 g/mol. The molecule has 1 fully saturated rings. The van der Waals surface area contributed by atoms with E-state index in [2.05, 4.69) is 42.6 Å². The van der Waals surface area contributed by atoms with E-state index in [0.29, 0.717) is 6.04 Å². The van der Waals surface area contributed by atoms with Crippen LogP contribution >= 0.6 is 11.3 Å². The standard InChI is InChI=1S/C11H18N2S/c1-8-4-5-14-11(8)9(2)13(3)10-6-12-7-10/h4-5,9-10,12H,6-7H2,1-3H3. The molecule has 3 heteroatoms. The van der Waals surface area contributed by atoms with E-state index in [1.807, 2.05) is 11.3 Å². The Labute approximate surface area is 89.9 Å². The smallest absolute Gasteiger partial charge is 0.0416 e. The number of nitrogens with one attached hydrogen (secondary N) is 1. The van der Waals surface area contributed by atoms with Crippen LogP contribution in [-0.4, -0.2) is 31.1 Å². The number of hydrogen-bond acceptors (Lipinski definition) is 3. The molecule has 1 N–H and O–H groups in total. The predicted octanol–water partition coefficient (Wildman–Crippen LogP) is 2.02. The topological polar surface area (TPSA) is 15.3 Å². The van der Waals surface area contributed by atoms with Gasteiger partial charge in [-0.15, -0.1) is 11.3 Å². The van der Waals surface area contributed by atoms with Crippen molar-refractivity contribution in [3.05, 3.63) is 21.9 Å². The van der Waals surface area contributed by atoms with E-state index < -0.39 is 0 Å². The lowest BCUT2D eigenvalue weighted by atomic mass is 10.1. The van der Waals surface area contributed by atoms with Crippen molar-refractivity contribution < 1.29 is 0 Å². The average molecular weight is 210 g/mol. The minimum absolute atomic E-state index is 0.558. The number of likely N-dealkylation sites (N-methyl/N-ethyl adjacent to an activating group) is 1. The molecule has 1 saturated heterocycles. The molecule has 0 saturated carbocycles. The van der Waals surface area contributed by atoms with E-state index in [4.69, 9.17) is 0 Å². The van der Waals surface area contributed by atoms with Crippen LogP contribution < -0.4 is 5.32 Å². The van der Waals surface area contributed by atoms with Gasteiger partial charge >= 0.3 is 0 Å². The largest absolute Gasteiger partial charge is 0.314 e. The highest BCUT2D eigenvalue weighted by Crippen LogP contribution is 2.29. The number of nitrogens with zero attached hydrogens (tertiary/aromatic N) is 1. The summed E-state index contributed by atoms with van der Waals surface area (Å²) >= 11 is 1.88. The monoisotopic (exact) mass is 210 g/mol. The number of rotatable bonds is 3. The molecule has 1 aromatic heterocycles. The zero-order valence-corrected chi connectivity index (χ0v) is 9.90. The lowest BCUT2D eigenvalue weighted by Crippen LogP contribution is -2.56. The molecule has 0 bridgehead atoms. The van der Waals surface area contributed by atoms with Crippen molar-refractivity contribution in [2.75, 3.05) is 20.1 Å². The molecule has 0 radical (unpaired) electrons. The summed E-state index contributed by atoms with van der Waals surface area (Å²) in [6.45, 7) is 6.79. The molecule has 0 amide bonds. The molecular formula is C11H18N2S. The Morgan fingerprint density at radius 2 is 2.29 bits per heavy atom. The van der Waals surface area contributed by atoms with Gasteiger partial charge in [-0.3, -0.25) is 4.90 Å². The summed E-state index contributed by atoms with van der Waals surface area (Å²) in [5, 5.41) is 5.51. The van der Waals surface area contributed by atoms with Crippen LogP contribution in [0.1, 0.15) is 23.4 Å². The van der Waals surface area contributed by atoms with Crippen molar-refractivity contribution in [2.24, 2.45) is 0 Å². The molecule has 1 aliphatic heterocycles. The summed E-state index contributed by atoms with van der Waals surface area (Å²) in [5.41, 5.74) is 1.43. The molecule has 2 heterocycles. The zero-order chi connectivity index (χ0) is 10.1. The van der Waals surface area contributed by atoms with Gasteiger partial charge in [0.2, 0.25) is 0 Å². The van der Waals surface area contributed by atoms with E-state index in [9.17, 15) is 0 Å². The lowest BCUT2D eigenvalue weighted by molar-refractivity contribution is 0.138. The summed E-state index contributed by atoms with van der Waals surface area (Å²) < 4.78 is 0. The Balaban J connectivity index is 2.07. The van der Waals surface area contributed by atoms with Crippen LogP contribution in [0.2, 0.25) is 0 Å². The Bertz CT molecular complexity index is 304. The Morgan fingerprint density at radius 1 is 1.57 bits per heavy atom. The van der Waals surface area contributed by atoms with Crippen molar-refractivity contribution >= 4 is 11.3 Å². The van der Waals surface area contributed by atoms with Crippen LogP contribution in [0.5, 0.6) is 0 Å². The second kappa shape index (κ2) is 4.01. The Morgan fingerprint density at radius 3 is 2.71 bits per heavy atom. The van der Waals surface area contributed by atoms with Crippen LogP contribution in [0.4, 0.5) is 0 Å². The van der Waals surface area contributed by atoms with E-state index in [0.717, 1.165) is 19.1 Å². The summed E-state index contributed by atoms with van der Waals surface area (Å²) in [4.78, 5) is 3.99. The molecule has 1 unspecified atom stereocenters. The third-order valence-electron chi connectivity index (χ3n) is 3.23. The fourth-order valence-corrected chi connectivity index (χ4v) is 2.91. The fourth-order valence-electron chi connectivity index (χ4n) is 1.88. The van der Waals surface area contributed by atoms with Gasteiger partial charge in [0.05, 0.1) is 0 Å². The van der Waals surface area contributed by atoms with Crippen LogP contribution in [0.3, 0.4) is 0 Å². The van der Waals surface area contributed by atoms with Crippen molar-refractivity contribution in [1.29, 1.82) is 0 Å². The van der Waals surface area contributed by atoms with Gasteiger partial charge in [-0.2, -0.15) is 0 Å². The highest BCUT2D eigenvalue weighted by atomic mass is 32.1. The van der Waals surface area contributed by atoms with Crippen molar-refractivity contribution in [2.45, 2.75) is 25.9 Å². The van der Waals surface area contributed by atoms with E-state index in [1.54, 1.807) is 0 Å². The first-order valence-electron chi connectivity index (χ1n) is 5.17. The summed E-state index contributed by atoms with van der Waals surface area (Å²) in [6.07, 6.45) is 0. The third-order valence-corrected chi connectivity index (χ3v) is 4.42. The first-order valence-corrected chi connectivity index (χ1v) is 6.04. The van der Waals surface area contributed by atoms with Gasteiger partial charge in [-0.25, -0.2) is 0 Å². The molecule has 1 atom stereocenters. The number of hydrogen-bond donors (Lipinski definition) is 1. The second-order valence-corrected chi connectivity index (χ2v) is 5.07. The van der Waals surface area contributed by atoms with Crippen LogP contribution in [0, 0.1) is 6.92 Å². The van der Waals surface area contributed by atoms with Gasteiger partial charge in [0.15, 0.2) is 0 Å². The fraction of sp³-hybridized carbons (Fsp3) is 0.636. The minimum atomic E-state index is 0.558. The normalized spacial score (nSPS) is 19.7. The molecule has 2 rings (SSSR count). The van der Waals surface area contributed by atoms with Gasteiger partial charge in [0.1, 0.15) is 0 Å². The van der Waals surface area contributed by atoms with Crippen LogP contribution in [0.15, 0.2) is 11.4 Å². The van der Waals surface area contributed by atoms with Crippen LogP contribution in [0.25, 0.3) is 0 Å². The quantitative estimate of drug-likeness (QED) is 0.821. The molecule has 1 aliphatic rings. The molecule has 14 heavy (non-hydrogen) atoms. The number of thiophene rings is 1. The average Bonchev–Trinajstić information content (AvgIpc) is 2.47. The van der Waals surface area contributed by atoms with Gasteiger partial charge in [0.25, 0.3) is 0 Å². The molecule has 1 aromatic rings. The van der Waals surface area contributed by atoms with Crippen LogP contribution in [-0.2, 0) is 0 Å². The van der Waals surface area contributed by atoms with Gasteiger partial charge in [-0.05, 0) is 37.9 Å². The van der Waals surface area contributed by atoms with E-state index in [-0.39, 0.29) is 0 Å². The van der Waals surface area contributed by atoms with Crippen molar-refractivity contribution in [3.63, 3.8) is 0 Å². The van der Waals surface area contributed by atoms with E-state index in [1.165, 1.54) is 10.4 Å². The first kappa shape index (κ1) is 10.1. The summed E-state index contributed by atoms with van der Waals surface area (Å²) in [5.74, 6) is 0. The SMILES string of the molecule is Cc1ccsc1C(C)N(C)C1CNC1. The van der Waals surface area contributed by atoms with Crippen molar-refractivity contribution in [1.82, 2.24) is 10.2 Å². The maximum Gasteiger partial charge on any atom is 0.0416 e. The molecule has 78 valence electrons. The zero-order valence-electron chi connectivity index (χ0n) is 9.08. The summed E-state index contributed by atoms with van der Waals surface area (Å²) in [6, 6.07) is 3.50. The second-order valence-electron chi connectivity index (χ2n) is 4.12. The van der Waals surface area contributed by atoms with Gasteiger partial charge in [-0.1, -0.05) is 0 Å². The maximum absolute atomic E-state index is 3.32. The Kier molecular flexibility index (Phi) is 2.91. The number of aryl methyl sites for hydroxylation is 1. The van der Waals surface area contributed by atoms with Gasteiger partial charge < -0.3 is 5.32 Å². The lowest BCUT2D eigenvalue weighted by Gasteiger charge is -2.39. The minimum Gasteiger partial charge on any atom is -0.314 e. The van der Waals surface area contributed by atoms with Crippen molar-refractivity contribution in [3.8, 4) is 0 Å². The van der Waals surface area contributed by atoms with Gasteiger partial charge in [0, 0.05) is 30.1 Å². The summed E-state index contributed by atoms with van der Waals surface area (Å²) in [7, 11) is 2.23. The maximum atomic E-state index is 3.32. The molecule has 0 aliphatic carbocycles. The molecule has 0 spiro atoms. The predicted molar refractivity (Wildman–Crippen MR) is 61.9 cm³/mol. The third kappa shape index (κ3) is 1.72. The van der Waals surface area contributed by atoms with E-state index >= 15 is 0 Å². The highest BCUT2D eigenvalue weighted by molar-refractivity contribution is 7.10. The Hall–Kier alpha value is -0.380. The first-order chi connectivity index (χ1) is 6.70. The molecule has 0 aromatic carbocycles. The molecule has 2 nitrogen and oxygen atoms in total. The highest BCUT2D eigenvalue weighted by Gasteiger charge is 2.26.